The summed E-state index contributed by atoms with van der Waals surface area (Å²) in [7, 11) is 0. The lowest BCUT2D eigenvalue weighted by Crippen LogP contribution is -2.38. The van der Waals surface area contributed by atoms with Gasteiger partial charge in [0.2, 0.25) is 0 Å². The van der Waals surface area contributed by atoms with E-state index in [0.717, 1.165) is 38.2 Å². The predicted octanol–water partition coefficient (Wildman–Crippen LogP) is 2.50. The fourth-order valence-electron chi connectivity index (χ4n) is 2.50. The summed E-state index contributed by atoms with van der Waals surface area (Å²) in [5.74, 6) is 0.986. The molecule has 0 atom stereocenters. The molecule has 0 amide bonds. The van der Waals surface area contributed by atoms with Crippen LogP contribution in [0.2, 0.25) is 0 Å². The highest BCUT2D eigenvalue weighted by molar-refractivity contribution is 5.74. The Balaban J connectivity index is 1.51. The molecular weight excluding hydrogens is 224 g/mol. The van der Waals surface area contributed by atoms with E-state index < -0.39 is 0 Å². The Bertz CT molecular complexity index is 445. The molecule has 1 saturated heterocycles. The van der Waals surface area contributed by atoms with Crippen molar-refractivity contribution >= 4 is 6.21 Å². The van der Waals surface area contributed by atoms with Crippen LogP contribution in [0.4, 0.5) is 0 Å². The van der Waals surface area contributed by atoms with E-state index in [1.807, 2.05) is 36.5 Å². The highest BCUT2D eigenvalue weighted by atomic mass is 16.5. The summed E-state index contributed by atoms with van der Waals surface area (Å²) in [5.41, 5.74) is 1.35. The molecule has 3 rings (SSSR count). The monoisotopic (exact) mass is 242 g/mol. The van der Waals surface area contributed by atoms with E-state index in [9.17, 15) is 0 Å². The SMILES string of the molecule is C1=NCC(N2CCC(Oc3ccccc3)CC2)=C1. The van der Waals surface area contributed by atoms with Crippen molar-refractivity contribution in [2.45, 2.75) is 18.9 Å². The van der Waals surface area contributed by atoms with Gasteiger partial charge in [0.05, 0.1) is 6.54 Å². The van der Waals surface area contributed by atoms with Crippen LogP contribution in [0.25, 0.3) is 0 Å². The quantitative estimate of drug-likeness (QED) is 0.813. The van der Waals surface area contributed by atoms with Gasteiger partial charge in [-0.1, -0.05) is 18.2 Å². The molecule has 1 aromatic rings. The van der Waals surface area contributed by atoms with Crippen LogP contribution >= 0.6 is 0 Å². The van der Waals surface area contributed by atoms with Crippen LogP contribution in [-0.4, -0.2) is 36.9 Å². The lowest BCUT2D eigenvalue weighted by atomic mass is 10.1. The number of likely N-dealkylation sites (tertiary alicyclic amines) is 1. The Labute approximate surface area is 108 Å². The molecule has 0 radical (unpaired) electrons. The fraction of sp³-hybridized carbons (Fsp3) is 0.400. The topological polar surface area (TPSA) is 24.8 Å². The van der Waals surface area contributed by atoms with Crippen molar-refractivity contribution in [3.05, 3.63) is 42.1 Å². The molecule has 0 aliphatic carbocycles. The van der Waals surface area contributed by atoms with Crippen molar-refractivity contribution in [2.24, 2.45) is 4.99 Å². The predicted molar refractivity (Wildman–Crippen MR) is 73.1 cm³/mol. The number of para-hydroxylation sites is 1. The second-order valence-corrected chi connectivity index (χ2v) is 4.77. The van der Waals surface area contributed by atoms with Gasteiger partial charge in [-0.25, -0.2) is 0 Å². The number of ether oxygens (including phenoxy) is 1. The van der Waals surface area contributed by atoms with Crippen molar-refractivity contribution in [2.75, 3.05) is 19.6 Å². The molecule has 0 spiro atoms. The Morgan fingerprint density at radius 3 is 2.56 bits per heavy atom. The molecule has 3 nitrogen and oxygen atoms in total. The fourth-order valence-corrected chi connectivity index (χ4v) is 2.50. The number of benzene rings is 1. The molecule has 1 aromatic carbocycles. The summed E-state index contributed by atoms with van der Waals surface area (Å²) in [6.45, 7) is 3.00. The maximum atomic E-state index is 5.99. The Kier molecular flexibility index (Phi) is 3.31. The van der Waals surface area contributed by atoms with Gasteiger partial charge in [0.1, 0.15) is 11.9 Å². The molecule has 18 heavy (non-hydrogen) atoms. The number of nitrogens with zero attached hydrogens (tertiary/aromatic N) is 2. The van der Waals surface area contributed by atoms with Crippen LogP contribution in [0, 0.1) is 0 Å². The zero-order valence-electron chi connectivity index (χ0n) is 10.5. The van der Waals surface area contributed by atoms with Crippen molar-refractivity contribution < 1.29 is 4.74 Å². The van der Waals surface area contributed by atoms with Crippen molar-refractivity contribution in [1.29, 1.82) is 0 Å². The van der Waals surface area contributed by atoms with Gasteiger partial charge in [-0.2, -0.15) is 0 Å². The first-order chi connectivity index (χ1) is 8.92. The zero-order chi connectivity index (χ0) is 12.2. The van der Waals surface area contributed by atoms with E-state index in [1.165, 1.54) is 5.70 Å². The molecule has 2 aliphatic rings. The first kappa shape index (κ1) is 11.3. The van der Waals surface area contributed by atoms with Gasteiger partial charge in [0.25, 0.3) is 0 Å². The van der Waals surface area contributed by atoms with Crippen molar-refractivity contribution in [1.82, 2.24) is 4.90 Å². The summed E-state index contributed by atoms with van der Waals surface area (Å²) >= 11 is 0. The molecule has 2 aliphatic heterocycles. The zero-order valence-corrected chi connectivity index (χ0v) is 10.5. The second kappa shape index (κ2) is 5.25. The smallest absolute Gasteiger partial charge is 0.119 e. The minimum Gasteiger partial charge on any atom is -0.490 e. The van der Waals surface area contributed by atoms with E-state index in [1.54, 1.807) is 0 Å². The number of piperidine rings is 1. The largest absolute Gasteiger partial charge is 0.490 e. The van der Waals surface area contributed by atoms with Crippen LogP contribution in [0.5, 0.6) is 5.75 Å². The summed E-state index contributed by atoms with van der Waals surface area (Å²) in [6.07, 6.45) is 6.56. The highest BCUT2D eigenvalue weighted by Gasteiger charge is 2.22. The van der Waals surface area contributed by atoms with Crippen molar-refractivity contribution in [3.63, 3.8) is 0 Å². The molecule has 0 bridgehead atoms. The highest BCUT2D eigenvalue weighted by Crippen LogP contribution is 2.21. The number of hydrogen-bond donors (Lipinski definition) is 0. The van der Waals surface area contributed by atoms with Gasteiger partial charge in [-0.15, -0.1) is 0 Å². The maximum Gasteiger partial charge on any atom is 0.119 e. The minimum absolute atomic E-state index is 0.353. The summed E-state index contributed by atoms with van der Waals surface area (Å²) in [5, 5.41) is 0. The van der Waals surface area contributed by atoms with Crippen LogP contribution in [-0.2, 0) is 0 Å². The molecular formula is C15H18N2O. The third-order valence-corrected chi connectivity index (χ3v) is 3.52. The summed E-state index contributed by atoms with van der Waals surface area (Å²) in [6, 6.07) is 10.1. The van der Waals surface area contributed by atoms with Crippen LogP contribution in [0.15, 0.2) is 47.1 Å². The van der Waals surface area contributed by atoms with Gasteiger partial charge in [-0.05, 0) is 18.2 Å². The molecule has 94 valence electrons. The van der Waals surface area contributed by atoms with Crippen LogP contribution < -0.4 is 4.74 Å². The van der Waals surface area contributed by atoms with Gasteiger partial charge in [-0.3, -0.25) is 4.99 Å². The third kappa shape index (κ3) is 2.55. The molecule has 3 heteroatoms. The number of hydrogen-bond acceptors (Lipinski definition) is 3. The lowest BCUT2D eigenvalue weighted by Gasteiger charge is -2.34. The Morgan fingerprint density at radius 1 is 1.11 bits per heavy atom. The third-order valence-electron chi connectivity index (χ3n) is 3.52. The average Bonchev–Trinajstić information content (AvgIpc) is 2.95. The molecule has 0 N–H and O–H groups in total. The Hall–Kier alpha value is -1.77. The number of aliphatic imine (C=N–C) groups is 1. The standard InChI is InChI=1S/C15H18N2O/c1-2-4-14(5-3-1)18-15-7-10-17(11-8-15)13-6-9-16-12-13/h1-6,9,15H,7-8,10-12H2. The van der Waals surface area contributed by atoms with Gasteiger partial charge in [0.15, 0.2) is 0 Å². The number of rotatable bonds is 3. The van der Waals surface area contributed by atoms with E-state index in [-0.39, 0.29) is 0 Å². The molecule has 0 unspecified atom stereocenters. The van der Waals surface area contributed by atoms with E-state index in [2.05, 4.69) is 16.0 Å². The summed E-state index contributed by atoms with van der Waals surface area (Å²) < 4.78 is 5.99. The van der Waals surface area contributed by atoms with E-state index in [4.69, 9.17) is 4.74 Å². The molecule has 1 fully saturated rings. The molecule has 2 heterocycles. The first-order valence-electron chi connectivity index (χ1n) is 6.57. The molecule has 0 saturated carbocycles. The van der Waals surface area contributed by atoms with E-state index in [0.29, 0.717) is 6.10 Å². The minimum atomic E-state index is 0.353. The van der Waals surface area contributed by atoms with Crippen LogP contribution in [0.1, 0.15) is 12.8 Å². The van der Waals surface area contributed by atoms with Gasteiger partial charge < -0.3 is 9.64 Å². The molecule has 0 aromatic heterocycles. The number of allylic oxidation sites excluding steroid dienone is 1. The average molecular weight is 242 g/mol. The van der Waals surface area contributed by atoms with Crippen molar-refractivity contribution in [3.8, 4) is 5.75 Å². The second-order valence-electron chi connectivity index (χ2n) is 4.77. The lowest BCUT2D eigenvalue weighted by molar-refractivity contribution is 0.117. The first-order valence-corrected chi connectivity index (χ1v) is 6.57. The van der Waals surface area contributed by atoms with Gasteiger partial charge >= 0.3 is 0 Å². The summed E-state index contributed by atoms with van der Waals surface area (Å²) in [4.78, 5) is 6.66. The maximum absolute atomic E-state index is 5.99. The van der Waals surface area contributed by atoms with Gasteiger partial charge in [0, 0.05) is 37.8 Å². The Morgan fingerprint density at radius 2 is 1.89 bits per heavy atom. The van der Waals surface area contributed by atoms with Crippen LogP contribution in [0.3, 0.4) is 0 Å². The normalized spacial score (nSPS) is 20.0. The van der Waals surface area contributed by atoms with E-state index >= 15 is 0 Å².